The largest absolute Gasteiger partial charge is 0.302 e. The summed E-state index contributed by atoms with van der Waals surface area (Å²) in [5.41, 5.74) is 3.38. The molecule has 0 radical (unpaired) electrons. The second kappa shape index (κ2) is 12.6. The summed E-state index contributed by atoms with van der Waals surface area (Å²) >= 11 is 14.2. The van der Waals surface area contributed by atoms with E-state index in [0.717, 1.165) is 36.1 Å². The van der Waals surface area contributed by atoms with Crippen LogP contribution in [-0.4, -0.2) is 32.6 Å². The maximum Gasteiger partial charge on any atom is 0.266 e. The summed E-state index contributed by atoms with van der Waals surface area (Å²) in [7, 11) is 0. The molecular weight excluding hydrogens is 530 g/mol. The van der Waals surface area contributed by atoms with Crippen LogP contribution in [0.2, 0.25) is 5.02 Å². The van der Waals surface area contributed by atoms with Crippen molar-refractivity contribution in [2.75, 3.05) is 11.9 Å². The predicted molar refractivity (Wildman–Crippen MR) is 155 cm³/mol. The summed E-state index contributed by atoms with van der Waals surface area (Å²) in [6.45, 7) is 2.63. The van der Waals surface area contributed by atoms with E-state index >= 15 is 0 Å². The maximum atomic E-state index is 12.7. The molecule has 5 nitrogen and oxygen atoms in total. The molecular formula is C27H26ClN3O2S3. The van der Waals surface area contributed by atoms with Crippen molar-refractivity contribution in [1.29, 1.82) is 0 Å². The number of rotatable bonds is 10. The molecule has 9 heteroatoms. The Morgan fingerprint density at radius 3 is 2.75 bits per heavy atom. The second-order valence-electron chi connectivity index (χ2n) is 8.54. The van der Waals surface area contributed by atoms with Crippen LogP contribution in [0.15, 0.2) is 59.6 Å². The van der Waals surface area contributed by atoms with Crippen LogP contribution >= 0.6 is 46.9 Å². The molecule has 0 unspecified atom stereocenters. The van der Waals surface area contributed by atoms with Crippen LogP contribution in [-0.2, 0) is 16.0 Å². The Morgan fingerprint density at radius 1 is 1.17 bits per heavy atom. The fourth-order valence-electron chi connectivity index (χ4n) is 3.79. The van der Waals surface area contributed by atoms with Gasteiger partial charge >= 0.3 is 0 Å². The number of thiocarbonyl (C=S) groups is 1. The van der Waals surface area contributed by atoms with E-state index < -0.39 is 0 Å². The SMILES string of the molecule is Cc1cccc(Cc2cnc(NC(=O)CCCCCN3C(=O)/C(=C\c4ccc(Cl)cc4)SC3=S)s2)c1. The zero-order valence-corrected chi connectivity index (χ0v) is 23.0. The number of amides is 2. The molecule has 4 rings (SSSR count). The summed E-state index contributed by atoms with van der Waals surface area (Å²) < 4.78 is 0.572. The van der Waals surface area contributed by atoms with Gasteiger partial charge in [0.25, 0.3) is 5.91 Å². The topological polar surface area (TPSA) is 62.3 Å². The van der Waals surface area contributed by atoms with Gasteiger partial charge in [-0.3, -0.25) is 14.5 Å². The van der Waals surface area contributed by atoms with E-state index in [9.17, 15) is 9.59 Å². The van der Waals surface area contributed by atoms with Gasteiger partial charge in [-0.25, -0.2) is 4.98 Å². The molecule has 0 spiro atoms. The molecule has 1 N–H and O–H groups in total. The number of anilines is 1. The first-order valence-electron chi connectivity index (χ1n) is 11.7. The van der Waals surface area contributed by atoms with Gasteiger partial charge in [0, 0.05) is 35.5 Å². The Hall–Kier alpha value is -2.52. The average Bonchev–Trinajstić information content (AvgIpc) is 3.38. The number of hydrogen-bond donors (Lipinski definition) is 1. The van der Waals surface area contributed by atoms with E-state index in [-0.39, 0.29) is 11.8 Å². The standard InChI is InChI=1S/C27H26ClN3O2S3/c1-18-6-5-7-20(14-18)15-22-17-29-26(35-22)30-24(32)8-3-2-4-13-31-25(33)23(36-27(31)34)16-19-9-11-21(28)12-10-19/h5-7,9-12,14,16-17H,2-4,8,13,15H2,1H3,(H,29,30,32)/b23-16+. The molecule has 1 aliphatic heterocycles. The minimum atomic E-state index is -0.0667. The lowest BCUT2D eigenvalue weighted by molar-refractivity contribution is -0.122. The second-order valence-corrected chi connectivity index (χ2v) is 11.8. The molecule has 0 aliphatic carbocycles. The number of halogens is 1. The normalized spacial score (nSPS) is 14.6. The number of carbonyl (C=O) groups excluding carboxylic acids is 2. The summed E-state index contributed by atoms with van der Waals surface area (Å²) in [6, 6.07) is 15.7. The van der Waals surface area contributed by atoms with Crippen LogP contribution in [0.25, 0.3) is 6.08 Å². The number of thiazole rings is 1. The van der Waals surface area contributed by atoms with Crippen molar-refractivity contribution in [2.45, 2.75) is 39.0 Å². The van der Waals surface area contributed by atoms with Gasteiger partial charge in [0.2, 0.25) is 5.91 Å². The highest BCUT2D eigenvalue weighted by molar-refractivity contribution is 8.26. The summed E-state index contributed by atoms with van der Waals surface area (Å²) in [6.07, 6.45) is 7.24. The number of carbonyl (C=O) groups is 2. The van der Waals surface area contributed by atoms with E-state index in [2.05, 4.69) is 41.5 Å². The first-order valence-corrected chi connectivity index (χ1v) is 14.1. The van der Waals surface area contributed by atoms with Crippen molar-refractivity contribution < 1.29 is 9.59 Å². The first kappa shape index (κ1) is 26.5. The minimum Gasteiger partial charge on any atom is -0.302 e. The first-order chi connectivity index (χ1) is 17.4. The van der Waals surface area contributed by atoms with Crippen LogP contribution in [0.4, 0.5) is 5.13 Å². The summed E-state index contributed by atoms with van der Waals surface area (Å²) in [5, 5.41) is 4.19. The third-order valence-electron chi connectivity index (χ3n) is 5.59. The average molecular weight is 556 g/mol. The number of aryl methyl sites for hydroxylation is 1. The van der Waals surface area contributed by atoms with Gasteiger partial charge in [-0.2, -0.15) is 0 Å². The maximum absolute atomic E-state index is 12.7. The van der Waals surface area contributed by atoms with Crippen LogP contribution in [0.5, 0.6) is 0 Å². The monoisotopic (exact) mass is 555 g/mol. The van der Waals surface area contributed by atoms with Gasteiger partial charge < -0.3 is 5.32 Å². The zero-order valence-electron chi connectivity index (χ0n) is 19.8. The number of nitrogens with one attached hydrogen (secondary N) is 1. The van der Waals surface area contributed by atoms with Crippen LogP contribution in [0.1, 0.15) is 47.3 Å². The highest BCUT2D eigenvalue weighted by atomic mass is 35.5. The number of aromatic nitrogens is 1. The van der Waals surface area contributed by atoms with Gasteiger partial charge in [-0.05, 0) is 49.1 Å². The molecule has 0 bridgehead atoms. The van der Waals surface area contributed by atoms with E-state index in [1.807, 2.05) is 24.4 Å². The van der Waals surface area contributed by atoms with Crippen molar-refractivity contribution in [3.8, 4) is 0 Å². The Bertz CT molecular complexity index is 1290. The molecule has 36 heavy (non-hydrogen) atoms. The predicted octanol–water partition coefficient (Wildman–Crippen LogP) is 7.10. The molecule has 1 aliphatic rings. The van der Waals surface area contributed by atoms with Crippen LogP contribution in [0, 0.1) is 6.92 Å². The molecule has 1 saturated heterocycles. The molecule has 1 aromatic heterocycles. The van der Waals surface area contributed by atoms with Crippen molar-refractivity contribution in [3.63, 3.8) is 0 Å². The summed E-state index contributed by atoms with van der Waals surface area (Å²) in [5.74, 6) is -0.106. The third-order valence-corrected chi connectivity index (χ3v) is 8.13. The minimum absolute atomic E-state index is 0.0389. The van der Waals surface area contributed by atoms with Gasteiger partial charge in [-0.15, -0.1) is 11.3 Å². The number of unbranched alkanes of at least 4 members (excludes halogenated alkanes) is 2. The number of hydrogen-bond acceptors (Lipinski definition) is 6. The Kier molecular flexibility index (Phi) is 9.31. The smallest absolute Gasteiger partial charge is 0.266 e. The molecule has 2 amide bonds. The molecule has 1 fully saturated rings. The van der Waals surface area contributed by atoms with E-state index in [4.69, 9.17) is 23.8 Å². The lowest BCUT2D eigenvalue weighted by atomic mass is 10.1. The van der Waals surface area contributed by atoms with Crippen LogP contribution in [0.3, 0.4) is 0 Å². The Morgan fingerprint density at radius 2 is 1.97 bits per heavy atom. The lowest BCUT2D eigenvalue weighted by Gasteiger charge is -2.14. The quantitative estimate of drug-likeness (QED) is 0.164. The fraction of sp³-hybridized carbons (Fsp3) is 0.259. The van der Waals surface area contributed by atoms with Crippen LogP contribution < -0.4 is 5.32 Å². The Balaban J connectivity index is 1.17. The van der Waals surface area contributed by atoms with Crippen molar-refractivity contribution in [2.24, 2.45) is 0 Å². The van der Waals surface area contributed by atoms with Gasteiger partial charge in [0.05, 0.1) is 4.91 Å². The number of thioether (sulfide) groups is 1. The van der Waals surface area contributed by atoms with E-state index in [0.29, 0.717) is 32.3 Å². The van der Waals surface area contributed by atoms with E-state index in [1.54, 1.807) is 17.0 Å². The van der Waals surface area contributed by atoms with Gasteiger partial charge in [-0.1, -0.05) is 84.0 Å². The molecule has 186 valence electrons. The van der Waals surface area contributed by atoms with Crippen molar-refractivity contribution >= 4 is 74.3 Å². The van der Waals surface area contributed by atoms with E-state index in [1.165, 1.54) is 34.2 Å². The highest BCUT2D eigenvalue weighted by Gasteiger charge is 2.31. The molecule has 2 aromatic carbocycles. The molecule has 3 aromatic rings. The van der Waals surface area contributed by atoms with Gasteiger partial charge in [0.15, 0.2) is 5.13 Å². The zero-order chi connectivity index (χ0) is 25.5. The molecule has 2 heterocycles. The number of nitrogens with zero attached hydrogens (tertiary/aromatic N) is 2. The van der Waals surface area contributed by atoms with Crippen molar-refractivity contribution in [1.82, 2.24) is 9.88 Å². The van der Waals surface area contributed by atoms with Crippen molar-refractivity contribution in [3.05, 3.63) is 86.2 Å². The summed E-state index contributed by atoms with van der Waals surface area (Å²) in [4.78, 5) is 32.8. The number of benzene rings is 2. The fourth-order valence-corrected chi connectivity index (χ4v) is 6.08. The lowest BCUT2D eigenvalue weighted by Crippen LogP contribution is -2.29. The Labute approximate surface area is 230 Å². The molecule has 0 saturated carbocycles. The highest BCUT2D eigenvalue weighted by Crippen LogP contribution is 2.33. The van der Waals surface area contributed by atoms with Gasteiger partial charge in [0.1, 0.15) is 4.32 Å². The molecule has 0 atom stereocenters. The third kappa shape index (κ3) is 7.49.